The Labute approximate surface area is 151 Å². The molecule has 0 saturated carbocycles. The van der Waals surface area contributed by atoms with Gasteiger partial charge in [0.1, 0.15) is 0 Å². The first-order valence-corrected chi connectivity index (χ1v) is 7.73. The maximum absolute atomic E-state index is 11.7. The Balaban J connectivity index is 1.92. The van der Waals surface area contributed by atoms with Crippen LogP contribution < -0.4 is 14.9 Å². The zero-order chi connectivity index (χ0) is 18.4. The molecule has 0 aliphatic rings. The number of nitrogens with one attached hydrogen (secondary N) is 1. The Hall–Kier alpha value is -2.94. The maximum atomic E-state index is 11.7. The average Bonchev–Trinajstić information content (AvgIpc) is 2.60. The van der Waals surface area contributed by atoms with Crippen LogP contribution in [0.4, 0.5) is 0 Å². The van der Waals surface area contributed by atoms with Crippen molar-refractivity contribution in [1.29, 1.82) is 0 Å². The number of rotatable bonds is 6. The van der Waals surface area contributed by atoms with Gasteiger partial charge in [-0.3, -0.25) is 4.79 Å². The van der Waals surface area contributed by atoms with Crippen molar-refractivity contribution in [3.63, 3.8) is 0 Å². The lowest BCUT2D eigenvalue weighted by Gasteiger charge is -2.10. The normalized spacial score (nSPS) is 10.6. The van der Waals surface area contributed by atoms with Gasteiger partial charge in [-0.25, -0.2) is 5.43 Å². The van der Waals surface area contributed by atoms with Crippen LogP contribution in [-0.2, 0) is 4.79 Å². The molecule has 0 saturated heterocycles. The van der Waals surface area contributed by atoms with E-state index >= 15 is 0 Å². The first kappa shape index (κ1) is 18.4. The first-order chi connectivity index (χ1) is 11.9. The molecule has 0 unspecified atom stereocenters. The molecule has 0 aliphatic heterocycles. The van der Waals surface area contributed by atoms with Crippen LogP contribution in [0.5, 0.6) is 28.7 Å². The van der Waals surface area contributed by atoms with Crippen LogP contribution >= 0.6 is 15.9 Å². The second kappa shape index (κ2) is 8.25. The van der Waals surface area contributed by atoms with Gasteiger partial charge >= 0.3 is 0 Å². The van der Waals surface area contributed by atoms with Crippen LogP contribution in [0.1, 0.15) is 5.56 Å². The quantitative estimate of drug-likeness (QED) is 0.328. The van der Waals surface area contributed by atoms with Crippen LogP contribution in [0.15, 0.2) is 39.9 Å². The predicted molar refractivity (Wildman–Crippen MR) is 93.4 cm³/mol. The fraction of sp³-hybridized carbons (Fsp3) is 0.125. The molecule has 4 N–H and O–H groups in total. The summed E-state index contributed by atoms with van der Waals surface area (Å²) in [7, 11) is 1.48. The molecule has 0 spiro atoms. The minimum Gasteiger partial charge on any atom is -0.504 e. The molecule has 1 amide bonds. The highest BCUT2D eigenvalue weighted by Gasteiger charge is 2.10. The lowest BCUT2D eigenvalue weighted by molar-refractivity contribution is -0.123. The van der Waals surface area contributed by atoms with Crippen molar-refractivity contribution in [3.8, 4) is 28.7 Å². The second-order valence-electron chi connectivity index (χ2n) is 4.75. The monoisotopic (exact) mass is 410 g/mol. The fourth-order valence-electron chi connectivity index (χ4n) is 1.80. The van der Waals surface area contributed by atoms with Crippen LogP contribution in [0.25, 0.3) is 0 Å². The third kappa shape index (κ3) is 4.77. The summed E-state index contributed by atoms with van der Waals surface area (Å²) < 4.78 is 11.3. The molecule has 0 heterocycles. The van der Waals surface area contributed by atoms with E-state index in [9.17, 15) is 20.1 Å². The van der Waals surface area contributed by atoms with Gasteiger partial charge in [-0.1, -0.05) is 15.9 Å². The Bertz CT molecular complexity index is 809. The van der Waals surface area contributed by atoms with Crippen LogP contribution in [0.3, 0.4) is 0 Å². The van der Waals surface area contributed by atoms with Crippen molar-refractivity contribution in [1.82, 2.24) is 5.43 Å². The van der Waals surface area contributed by atoms with E-state index in [1.165, 1.54) is 19.2 Å². The van der Waals surface area contributed by atoms with Crippen LogP contribution in [0, 0.1) is 0 Å². The van der Waals surface area contributed by atoms with Gasteiger partial charge in [0.25, 0.3) is 5.91 Å². The number of carbonyl (C=O) groups is 1. The average molecular weight is 411 g/mol. The molecule has 0 aliphatic carbocycles. The van der Waals surface area contributed by atoms with E-state index < -0.39 is 23.2 Å². The van der Waals surface area contributed by atoms with Crippen molar-refractivity contribution in [2.45, 2.75) is 0 Å². The molecule has 0 radical (unpaired) electrons. The molecule has 132 valence electrons. The number of phenols is 3. The van der Waals surface area contributed by atoms with Crippen molar-refractivity contribution >= 4 is 28.1 Å². The topological polar surface area (TPSA) is 121 Å². The number of carbonyl (C=O) groups excluding carboxylic acids is 1. The molecule has 0 bridgehead atoms. The van der Waals surface area contributed by atoms with Gasteiger partial charge in [0.05, 0.1) is 13.3 Å². The lowest BCUT2D eigenvalue weighted by atomic mass is 10.2. The van der Waals surface area contributed by atoms with E-state index in [0.29, 0.717) is 11.5 Å². The molecule has 0 fully saturated rings. The highest BCUT2D eigenvalue weighted by Crippen LogP contribution is 2.36. The predicted octanol–water partition coefficient (Wildman–Crippen LogP) is 2.10. The Kier molecular flexibility index (Phi) is 6.07. The molecule has 0 atom stereocenters. The SMILES string of the molecule is COc1cc(Br)ccc1OCC(=O)N/N=C\c1ccc(O)c(O)c1O. The van der Waals surface area contributed by atoms with Gasteiger partial charge < -0.3 is 24.8 Å². The number of hydrogen-bond donors (Lipinski definition) is 4. The molecule has 2 aromatic carbocycles. The summed E-state index contributed by atoms with van der Waals surface area (Å²) in [6.45, 7) is -0.303. The maximum Gasteiger partial charge on any atom is 0.277 e. The summed E-state index contributed by atoms with van der Waals surface area (Å²) in [5, 5.41) is 31.9. The number of hydrazone groups is 1. The Morgan fingerprint density at radius 2 is 1.96 bits per heavy atom. The summed E-state index contributed by atoms with van der Waals surface area (Å²) >= 11 is 3.30. The third-order valence-corrected chi connectivity index (χ3v) is 3.53. The number of aromatic hydroxyl groups is 3. The molecular weight excluding hydrogens is 396 g/mol. The molecule has 0 aromatic heterocycles. The number of hydrogen-bond acceptors (Lipinski definition) is 7. The van der Waals surface area contributed by atoms with E-state index in [1.54, 1.807) is 18.2 Å². The van der Waals surface area contributed by atoms with Gasteiger partial charge in [0, 0.05) is 10.0 Å². The Morgan fingerprint density at radius 1 is 1.20 bits per heavy atom. The minimum atomic E-state index is -0.666. The zero-order valence-corrected chi connectivity index (χ0v) is 14.6. The standard InChI is InChI=1S/C16H15BrN2O6/c1-24-13-6-10(17)3-5-12(13)25-8-14(21)19-18-7-9-2-4-11(20)16(23)15(9)22/h2-7,20,22-23H,8H2,1H3,(H,19,21)/b18-7-. The molecule has 9 heteroatoms. The van der Waals surface area contributed by atoms with Gasteiger partial charge in [-0.15, -0.1) is 0 Å². The van der Waals surface area contributed by atoms with Gasteiger partial charge in [0.2, 0.25) is 5.75 Å². The third-order valence-electron chi connectivity index (χ3n) is 3.04. The molecule has 8 nitrogen and oxygen atoms in total. The zero-order valence-electron chi connectivity index (χ0n) is 13.1. The van der Waals surface area contributed by atoms with Crippen LogP contribution in [0.2, 0.25) is 0 Å². The highest BCUT2D eigenvalue weighted by molar-refractivity contribution is 9.10. The number of nitrogens with zero attached hydrogens (tertiary/aromatic N) is 1. The van der Waals surface area contributed by atoms with Gasteiger partial charge in [-0.2, -0.15) is 5.10 Å². The Morgan fingerprint density at radius 3 is 2.68 bits per heavy atom. The lowest BCUT2D eigenvalue weighted by Crippen LogP contribution is -2.24. The largest absolute Gasteiger partial charge is 0.504 e. The summed E-state index contributed by atoms with van der Waals surface area (Å²) in [5.41, 5.74) is 2.33. The molecular formula is C16H15BrN2O6. The second-order valence-corrected chi connectivity index (χ2v) is 5.66. The number of benzene rings is 2. The number of phenolic OH excluding ortho intramolecular Hbond substituents is 3. The van der Waals surface area contributed by atoms with E-state index in [1.807, 2.05) is 0 Å². The number of methoxy groups -OCH3 is 1. The summed E-state index contributed by atoms with van der Waals surface area (Å²) in [6.07, 6.45) is 1.12. The van der Waals surface area contributed by atoms with Gasteiger partial charge in [0.15, 0.2) is 29.6 Å². The van der Waals surface area contributed by atoms with Crippen molar-refractivity contribution in [2.24, 2.45) is 5.10 Å². The highest BCUT2D eigenvalue weighted by atomic mass is 79.9. The fourth-order valence-corrected chi connectivity index (χ4v) is 2.14. The van der Waals surface area contributed by atoms with Gasteiger partial charge in [-0.05, 0) is 30.3 Å². The summed E-state index contributed by atoms with van der Waals surface area (Å²) in [6, 6.07) is 7.60. The number of amides is 1. The molecule has 2 aromatic rings. The molecule has 25 heavy (non-hydrogen) atoms. The molecule has 2 rings (SSSR count). The van der Waals surface area contributed by atoms with Crippen molar-refractivity contribution in [3.05, 3.63) is 40.4 Å². The minimum absolute atomic E-state index is 0.117. The van der Waals surface area contributed by atoms with Crippen molar-refractivity contribution < 1.29 is 29.6 Å². The first-order valence-electron chi connectivity index (χ1n) is 6.94. The smallest absolute Gasteiger partial charge is 0.277 e. The van der Waals surface area contributed by atoms with E-state index in [-0.39, 0.29) is 12.2 Å². The van der Waals surface area contributed by atoms with E-state index in [4.69, 9.17) is 9.47 Å². The summed E-state index contributed by atoms with van der Waals surface area (Å²) in [5.74, 6) is -1.35. The van der Waals surface area contributed by atoms with E-state index in [0.717, 1.165) is 10.7 Å². The van der Waals surface area contributed by atoms with E-state index in [2.05, 4.69) is 26.5 Å². The summed E-state index contributed by atoms with van der Waals surface area (Å²) in [4.78, 5) is 11.7. The number of ether oxygens (including phenoxy) is 2. The number of halogens is 1. The van der Waals surface area contributed by atoms with Crippen molar-refractivity contribution in [2.75, 3.05) is 13.7 Å². The van der Waals surface area contributed by atoms with Crippen LogP contribution in [-0.4, -0.2) is 41.2 Å².